The molecule has 10 nitrogen and oxygen atoms in total. The molecule has 4 unspecified atom stereocenters. The highest BCUT2D eigenvalue weighted by Gasteiger charge is 2.39. The standard InChI is InChI=1S/C22H32N4O6/c1-3-13(2)19(22(31)32)25-20(29)17-5-4-10-26(17)21(30)16(24-18(28)12-23)11-14-6-8-15(27)9-7-14/h6-9,13,16-17,19,27H,3-5,10-12,23H2,1-2H3,(H,24,28)(H,25,29)(H,31,32). The number of phenols is 1. The first-order valence-corrected chi connectivity index (χ1v) is 10.8. The van der Waals surface area contributed by atoms with Crippen molar-refractivity contribution >= 4 is 23.7 Å². The number of benzene rings is 1. The molecular weight excluding hydrogens is 416 g/mol. The number of carboxylic acids is 1. The van der Waals surface area contributed by atoms with Gasteiger partial charge < -0.3 is 31.5 Å². The van der Waals surface area contributed by atoms with Crippen LogP contribution in [0.1, 0.15) is 38.7 Å². The number of nitrogens with one attached hydrogen (secondary N) is 2. The van der Waals surface area contributed by atoms with E-state index in [1.807, 2.05) is 6.92 Å². The number of rotatable bonds is 10. The first kappa shape index (κ1) is 25.1. The van der Waals surface area contributed by atoms with Crippen molar-refractivity contribution in [2.45, 2.75) is 57.7 Å². The Morgan fingerprint density at radius 2 is 1.84 bits per heavy atom. The number of carboxylic acid groups (broad SMARTS) is 1. The van der Waals surface area contributed by atoms with Crippen LogP contribution >= 0.6 is 0 Å². The molecule has 0 aliphatic carbocycles. The van der Waals surface area contributed by atoms with Gasteiger partial charge in [-0.25, -0.2) is 4.79 Å². The third-order valence-corrected chi connectivity index (χ3v) is 5.81. The number of nitrogens with two attached hydrogens (primary N) is 1. The molecule has 0 saturated carbocycles. The molecule has 1 saturated heterocycles. The van der Waals surface area contributed by atoms with Gasteiger partial charge in [0, 0.05) is 13.0 Å². The van der Waals surface area contributed by atoms with Crippen molar-refractivity contribution in [3.8, 4) is 5.75 Å². The average Bonchev–Trinajstić information content (AvgIpc) is 3.27. The van der Waals surface area contributed by atoms with Crippen LogP contribution in [0.15, 0.2) is 24.3 Å². The Morgan fingerprint density at radius 1 is 1.19 bits per heavy atom. The summed E-state index contributed by atoms with van der Waals surface area (Å²) in [5, 5.41) is 24.1. The van der Waals surface area contributed by atoms with Crippen LogP contribution < -0.4 is 16.4 Å². The van der Waals surface area contributed by atoms with E-state index in [0.29, 0.717) is 31.4 Å². The van der Waals surface area contributed by atoms with Gasteiger partial charge in [0.05, 0.1) is 6.54 Å². The fraction of sp³-hybridized carbons (Fsp3) is 0.545. The van der Waals surface area contributed by atoms with Gasteiger partial charge in [-0.15, -0.1) is 0 Å². The lowest BCUT2D eigenvalue weighted by molar-refractivity contribution is -0.145. The summed E-state index contributed by atoms with van der Waals surface area (Å²) >= 11 is 0. The molecule has 32 heavy (non-hydrogen) atoms. The first-order valence-electron chi connectivity index (χ1n) is 10.8. The van der Waals surface area contributed by atoms with Gasteiger partial charge in [0.2, 0.25) is 17.7 Å². The number of carbonyl (C=O) groups is 4. The number of hydrogen-bond acceptors (Lipinski definition) is 6. The second-order valence-electron chi connectivity index (χ2n) is 8.09. The monoisotopic (exact) mass is 448 g/mol. The summed E-state index contributed by atoms with van der Waals surface area (Å²) in [5.41, 5.74) is 6.11. The Bertz CT molecular complexity index is 828. The number of nitrogens with zero attached hydrogens (tertiary/aromatic N) is 1. The van der Waals surface area contributed by atoms with Gasteiger partial charge in [-0.3, -0.25) is 14.4 Å². The van der Waals surface area contributed by atoms with Gasteiger partial charge >= 0.3 is 5.97 Å². The van der Waals surface area contributed by atoms with E-state index >= 15 is 0 Å². The fourth-order valence-corrected chi connectivity index (χ4v) is 3.76. The van der Waals surface area contributed by atoms with Crippen LogP contribution in [-0.2, 0) is 25.6 Å². The highest BCUT2D eigenvalue weighted by atomic mass is 16.4. The lowest BCUT2D eigenvalue weighted by Crippen LogP contribution is -2.57. The van der Waals surface area contributed by atoms with E-state index in [1.165, 1.54) is 17.0 Å². The predicted octanol–water partition coefficient (Wildman–Crippen LogP) is -0.0153. The zero-order valence-corrected chi connectivity index (χ0v) is 18.4. The maximum atomic E-state index is 13.3. The van der Waals surface area contributed by atoms with Crippen molar-refractivity contribution in [3.63, 3.8) is 0 Å². The number of amides is 3. The van der Waals surface area contributed by atoms with E-state index in [2.05, 4.69) is 10.6 Å². The topological polar surface area (TPSA) is 162 Å². The molecule has 0 spiro atoms. The van der Waals surface area contributed by atoms with Gasteiger partial charge in [-0.1, -0.05) is 32.4 Å². The lowest BCUT2D eigenvalue weighted by atomic mass is 9.98. The van der Waals surface area contributed by atoms with Crippen molar-refractivity contribution in [1.29, 1.82) is 0 Å². The van der Waals surface area contributed by atoms with Crippen LogP contribution in [0.2, 0.25) is 0 Å². The number of aliphatic carboxylic acids is 1. The summed E-state index contributed by atoms with van der Waals surface area (Å²) < 4.78 is 0. The Kier molecular flexibility index (Phi) is 9.01. The molecule has 1 aliphatic heterocycles. The molecule has 1 fully saturated rings. The lowest BCUT2D eigenvalue weighted by Gasteiger charge is -2.30. The van der Waals surface area contributed by atoms with Crippen LogP contribution in [-0.4, -0.2) is 70.0 Å². The van der Waals surface area contributed by atoms with Gasteiger partial charge in [-0.2, -0.15) is 0 Å². The quantitative estimate of drug-likeness (QED) is 0.336. The number of aromatic hydroxyl groups is 1. The van der Waals surface area contributed by atoms with Gasteiger partial charge in [-0.05, 0) is 36.5 Å². The molecule has 1 heterocycles. The minimum absolute atomic E-state index is 0.0770. The highest BCUT2D eigenvalue weighted by molar-refractivity contribution is 5.94. The van der Waals surface area contributed by atoms with E-state index < -0.39 is 41.8 Å². The van der Waals surface area contributed by atoms with Crippen LogP contribution in [0.25, 0.3) is 0 Å². The number of likely N-dealkylation sites (tertiary alicyclic amines) is 1. The van der Waals surface area contributed by atoms with E-state index in [9.17, 15) is 29.4 Å². The Balaban J connectivity index is 2.19. The van der Waals surface area contributed by atoms with Crippen molar-refractivity contribution in [3.05, 3.63) is 29.8 Å². The van der Waals surface area contributed by atoms with Crippen LogP contribution in [0, 0.1) is 5.92 Å². The molecule has 1 aromatic rings. The van der Waals surface area contributed by atoms with Crippen molar-refractivity contribution in [2.75, 3.05) is 13.1 Å². The maximum Gasteiger partial charge on any atom is 0.326 e. The second-order valence-corrected chi connectivity index (χ2v) is 8.09. The molecule has 3 amide bonds. The molecule has 1 aromatic carbocycles. The smallest absolute Gasteiger partial charge is 0.326 e. The van der Waals surface area contributed by atoms with Crippen molar-refractivity contribution in [1.82, 2.24) is 15.5 Å². The summed E-state index contributed by atoms with van der Waals surface area (Å²) in [6.45, 7) is 3.61. The van der Waals surface area contributed by atoms with E-state index in [1.54, 1.807) is 19.1 Å². The predicted molar refractivity (Wildman–Crippen MR) is 117 cm³/mol. The summed E-state index contributed by atoms with van der Waals surface area (Å²) in [6, 6.07) is 3.43. The molecular formula is C22H32N4O6. The third kappa shape index (κ3) is 6.43. The van der Waals surface area contributed by atoms with Gasteiger partial charge in [0.25, 0.3) is 0 Å². The van der Waals surface area contributed by atoms with Gasteiger partial charge in [0.15, 0.2) is 0 Å². The van der Waals surface area contributed by atoms with Gasteiger partial charge in [0.1, 0.15) is 23.9 Å². The number of hydrogen-bond donors (Lipinski definition) is 5. The SMILES string of the molecule is CCC(C)C(NC(=O)C1CCCN1C(=O)C(Cc1ccc(O)cc1)NC(=O)CN)C(=O)O. The Hall–Kier alpha value is -3.14. The molecule has 0 bridgehead atoms. The Morgan fingerprint density at radius 3 is 2.41 bits per heavy atom. The number of carbonyl (C=O) groups excluding carboxylic acids is 3. The summed E-state index contributed by atoms with van der Waals surface area (Å²) in [6.07, 6.45) is 1.72. The summed E-state index contributed by atoms with van der Waals surface area (Å²) in [4.78, 5) is 51.1. The van der Waals surface area contributed by atoms with E-state index in [4.69, 9.17) is 5.73 Å². The third-order valence-electron chi connectivity index (χ3n) is 5.81. The molecule has 0 aromatic heterocycles. The van der Waals surface area contributed by atoms with E-state index in [-0.39, 0.29) is 24.6 Å². The van der Waals surface area contributed by atoms with Crippen LogP contribution in [0.4, 0.5) is 0 Å². The molecule has 4 atom stereocenters. The minimum atomic E-state index is -1.12. The number of phenolic OH excluding ortho intramolecular Hbond substituents is 1. The largest absolute Gasteiger partial charge is 0.508 e. The van der Waals surface area contributed by atoms with E-state index in [0.717, 1.165) is 0 Å². The normalized spacial score (nSPS) is 18.5. The molecule has 6 N–H and O–H groups in total. The zero-order chi connectivity index (χ0) is 23.8. The van der Waals surface area contributed by atoms with Crippen LogP contribution in [0.5, 0.6) is 5.75 Å². The van der Waals surface area contributed by atoms with Crippen molar-refractivity contribution in [2.24, 2.45) is 11.7 Å². The molecule has 1 aliphatic rings. The molecule has 10 heteroatoms. The summed E-state index contributed by atoms with van der Waals surface area (Å²) in [5.74, 6) is -2.78. The maximum absolute atomic E-state index is 13.3. The first-order chi connectivity index (χ1) is 15.2. The molecule has 176 valence electrons. The zero-order valence-electron chi connectivity index (χ0n) is 18.4. The highest BCUT2D eigenvalue weighted by Crippen LogP contribution is 2.21. The summed E-state index contributed by atoms with van der Waals surface area (Å²) in [7, 11) is 0. The second kappa shape index (κ2) is 11.5. The minimum Gasteiger partial charge on any atom is -0.508 e. The average molecular weight is 449 g/mol. The van der Waals surface area contributed by atoms with Crippen LogP contribution in [0.3, 0.4) is 0 Å². The molecule has 0 radical (unpaired) electrons. The Labute approximate surface area is 187 Å². The molecule has 2 rings (SSSR count). The van der Waals surface area contributed by atoms with Crippen molar-refractivity contribution < 1.29 is 29.4 Å². The fourth-order valence-electron chi connectivity index (χ4n) is 3.76.